The van der Waals surface area contributed by atoms with Crippen molar-refractivity contribution in [3.63, 3.8) is 0 Å². The van der Waals surface area contributed by atoms with Crippen molar-refractivity contribution in [1.82, 2.24) is 0 Å². The van der Waals surface area contributed by atoms with Gasteiger partial charge in [0.05, 0.1) is 35.5 Å². The fourth-order valence-corrected chi connectivity index (χ4v) is 6.52. The highest BCUT2D eigenvalue weighted by Crippen LogP contribution is 2.32. The first-order valence-corrected chi connectivity index (χ1v) is 21.0. The fraction of sp³-hybridized carbons (Fsp3) is 0.320. The summed E-state index contributed by atoms with van der Waals surface area (Å²) < 4.78 is 53.9. The molecule has 1 aliphatic heterocycles. The Labute approximate surface area is 367 Å². The zero-order valence-electron chi connectivity index (χ0n) is 34.9. The quantitative estimate of drug-likeness (QED) is 0.0339. The molecule has 6 rings (SSSR count). The van der Waals surface area contributed by atoms with E-state index in [1.54, 1.807) is 121 Å². The molecular formula is C50H52O13. The Morgan fingerprint density at radius 3 is 1.27 bits per heavy atom. The van der Waals surface area contributed by atoms with E-state index in [0.717, 1.165) is 12.0 Å². The summed E-state index contributed by atoms with van der Waals surface area (Å²) in [4.78, 5) is 54.4. The van der Waals surface area contributed by atoms with Crippen LogP contribution in [0.4, 0.5) is 0 Å². The van der Waals surface area contributed by atoms with Gasteiger partial charge in [0.1, 0.15) is 12.7 Å². The Kier molecular flexibility index (Phi) is 18.8. The second-order valence-corrected chi connectivity index (χ2v) is 14.4. The number of hydrogen-bond donors (Lipinski definition) is 0. The lowest BCUT2D eigenvalue weighted by atomic mass is 9.97. The van der Waals surface area contributed by atoms with Crippen molar-refractivity contribution in [2.45, 2.75) is 56.6 Å². The van der Waals surface area contributed by atoms with Gasteiger partial charge in [-0.25, -0.2) is 19.2 Å². The van der Waals surface area contributed by atoms with E-state index in [0.29, 0.717) is 52.5 Å². The molecule has 330 valence electrons. The summed E-state index contributed by atoms with van der Waals surface area (Å²) in [7, 11) is 0. The Morgan fingerprint density at radius 2 is 0.794 bits per heavy atom. The van der Waals surface area contributed by atoms with Crippen LogP contribution in [0.5, 0.6) is 0 Å². The second-order valence-electron chi connectivity index (χ2n) is 14.4. The molecule has 0 saturated carbocycles. The van der Waals surface area contributed by atoms with Crippen LogP contribution in [-0.4, -0.2) is 101 Å². The molecule has 2 unspecified atom stereocenters. The van der Waals surface area contributed by atoms with Crippen molar-refractivity contribution < 1.29 is 61.8 Å². The standard InChI is InChI=1S/C50H52O13/c51-46(38-21-8-2-9-22-38)59-36-42-43(61-47(52)39-23-10-3-11-24-39)44(62-48(53)40-25-12-4-13-26-40)45(63-49(54)41-27-14-5-15-28-41)50(60-42)58-34-18-32-56-30-16-29-55-31-17-33-57-35-37-19-6-1-7-20-37/h1-15,19-28,42-45,50H,16-18,29-36H2/t42?,43-,44+,45?,50+/m1/s1. The van der Waals surface area contributed by atoms with Crippen LogP contribution in [0.25, 0.3) is 0 Å². The summed E-state index contributed by atoms with van der Waals surface area (Å²) >= 11 is 0. The highest BCUT2D eigenvalue weighted by atomic mass is 16.7. The molecule has 13 nitrogen and oxygen atoms in total. The van der Waals surface area contributed by atoms with Gasteiger partial charge in [0, 0.05) is 33.0 Å². The van der Waals surface area contributed by atoms with Crippen LogP contribution < -0.4 is 0 Å². The highest BCUT2D eigenvalue weighted by molar-refractivity contribution is 5.91. The Balaban J connectivity index is 1.13. The fourth-order valence-electron chi connectivity index (χ4n) is 6.52. The second kappa shape index (κ2) is 25.7. The van der Waals surface area contributed by atoms with E-state index in [1.165, 1.54) is 0 Å². The molecule has 0 N–H and O–H groups in total. The third kappa shape index (κ3) is 15.0. The van der Waals surface area contributed by atoms with Crippen LogP contribution in [0.3, 0.4) is 0 Å². The largest absolute Gasteiger partial charge is 0.459 e. The molecule has 0 bridgehead atoms. The smallest absolute Gasteiger partial charge is 0.338 e. The maximum absolute atomic E-state index is 13.8. The number of ether oxygens (including phenoxy) is 9. The van der Waals surface area contributed by atoms with Crippen LogP contribution in [0.2, 0.25) is 0 Å². The van der Waals surface area contributed by atoms with Crippen molar-refractivity contribution in [2.24, 2.45) is 0 Å². The molecular weight excluding hydrogens is 809 g/mol. The topological polar surface area (TPSA) is 151 Å². The van der Waals surface area contributed by atoms with Gasteiger partial charge in [-0.2, -0.15) is 0 Å². The first kappa shape index (κ1) is 46.3. The van der Waals surface area contributed by atoms with Gasteiger partial charge < -0.3 is 42.6 Å². The maximum Gasteiger partial charge on any atom is 0.338 e. The van der Waals surface area contributed by atoms with Gasteiger partial charge in [0.2, 0.25) is 0 Å². The first-order valence-electron chi connectivity index (χ1n) is 21.0. The zero-order chi connectivity index (χ0) is 43.9. The molecule has 1 saturated heterocycles. The van der Waals surface area contributed by atoms with Gasteiger partial charge in [-0.15, -0.1) is 0 Å². The molecule has 1 heterocycles. The average molecular weight is 861 g/mol. The van der Waals surface area contributed by atoms with Crippen LogP contribution in [0, 0.1) is 0 Å². The van der Waals surface area contributed by atoms with E-state index in [2.05, 4.69) is 0 Å². The summed E-state index contributed by atoms with van der Waals surface area (Å²) in [5, 5.41) is 0. The molecule has 0 aromatic heterocycles. The highest BCUT2D eigenvalue weighted by Gasteiger charge is 2.53. The molecule has 13 heteroatoms. The Morgan fingerprint density at radius 1 is 0.413 bits per heavy atom. The number of benzene rings is 5. The van der Waals surface area contributed by atoms with E-state index in [4.69, 9.17) is 42.6 Å². The van der Waals surface area contributed by atoms with Crippen molar-refractivity contribution in [1.29, 1.82) is 0 Å². The SMILES string of the molecule is O=C(OCC1O[C@H](OCCCOCCCOCCCOCc2ccccc2)C(OC(=O)c2ccccc2)[C@@H](OC(=O)c2ccccc2)[C@@H]1OC(=O)c1ccccc1)c1ccccc1. The number of carbonyl (C=O) groups is 4. The van der Waals surface area contributed by atoms with Gasteiger partial charge in [-0.1, -0.05) is 103 Å². The lowest BCUT2D eigenvalue weighted by molar-refractivity contribution is -0.298. The van der Waals surface area contributed by atoms with Gasteiger partial charge in [-0.05, 0) is 73.4 Å². The predicted molar refractivity (Wildman–Crippen MR) is 230 cm³/mol. The number of esters is 4. The van der Waals surface area contributed by atoms with Crippen LogP contribution in [0.15, 0.2) is 152 Å². The maximum atomic E-state index is 13.8. The first-order chi connectivity index (χ1) is 31.0. The van der Waals surface area contributed by atoms with Gasteiger partial charge in [-0.3, -0.25) is 0 Å². The number of rotatable bonds is 24. The minimum Gasteiger partial charge on any atom is -0.459 e. The van der Waals surface area contributed by atoms with Crippen LogP contribution in [0.1, 0.15) is 66.3 Å². The van der Waals surface area contributed by atoms with E-state index < -0.39 is 61.2 Å². The lowest BCUT2D eigenvalue weighted by Gasteiger charge is -2.44. The number of hydrogen-bond acceptors (Lipinski definition) is 13. The van der Waals surface area contributed by atoms with E-state index in [1.807, 2.05) is 30.3 Å². The zero-order valence-corrected chi connectivity index (χ0v) is 34.9. The molecule has 1 aliphatic rings. The summed E-state index contributed by atoms with van der Waals surface area (Å²) in [5.41, 5.74) is 1.99. The molecule has 5 atom stereocenters. The summed E-state index contributed by atoms with van der Waals surface area (Å²) in [6.07, 6.45) is -5.20. The molecule has 63 heavy (non-hydrogen) atoms. The molecule has 1 fully saturated rings. The third-order valence-electron chi connectivity index (χ3n) is 9.72. The minimum absolute atomic E-state index is 0.0634. The van der Waals surface area contributed by atoms with Gasteiger partial charge in [0.25, 0.3) is 0 Å². The molecule has 5 aromatic carbocycles. The third-order valence-corrected chi connectivity index (χ3v) is 9.72. The van der Waals surface area contributed by atoms with E-state index in [-0.39, 0.29) is 28.9 Å². The molecule has 0 radical (unpaired) electrons. The summed E-state index contributed by atoms with van der Waals surface area (Å²) in [6, 6.07) is 42.9. The van der Waals surface area contributed by atoms with Crippen molar-refractivity contribution in [3.8, 4) is 0 Å². The van der Waals surface area contributed by atoms with Crippen molar-refractivity contribution >= 4 is 23.9 Å². The van der Waals surface area contributed by atoms with Gasteiger partial charge >= 0.3 is 23.9 Å². The number of carbonyl (C=O) groups excluding carboxylic acids is 4. The monoisotopic (exact) mass is 860 g/mol. The van der Waals surface area contributed by atoms with E-state index >= 15 is 0 Å². The van der Waals surface area contributed by atoms with Crippen LogP contribution >= 0.6 is 0 Å². The molecule has 0 spiro atoms. The average Bonchev–Trinajstić information content (AvgIpc) is 3.33. The van der Waals surface area contributed by atoms with Crippen LogP contribution in [-0.2, 0) is 49.2 Å². The normalized spacial score (nSPS) is 18.2. The Bertz CT molecular complexity index is 2100. The molecule has 0 aliphatic carbocycles. The summed E-state index contributed by atoms with van der Waals surface area (Å²) in [5.74, 6) is -3.02. The Hall–Kier alpha value is -6.22. The lowest BCUT2D eigenvalue weighted by Crippen LogP contribution is -2.63. The molecule has 5 aromatic rings. The predicted octanol–water partition coefficient (Wildman–Crippen LogP) is 7.68. The molecule has 0 amide bonds. The van der Waals surface area contributed by atoms with Crippen molar-refractivity contribution in [2.75, 3.05) is 46.2 Å². The minimum atomic E-state index is -1.51. The van der Waals surface area contributed by atoms with Crippen molar-refractivity contribution in [3.05, 3.63) is 179 Å². The van der Waals surface area contributed by atoms with Gasteiger partial charge in [0.15, 0.2) is 24.6 Å². The van der Waals surface area contributed by atoms with E-state index in [9.17, 15) is 19.2 Å². The summed E-state index contributed by atoms with van der Waals surface area (Å²) in [6.45, 7) is 2.70.